The van der Waals surface area contributed by atoms with Gasteiger partial charge in [0.15, 0.2) is 11.5 Å². The highest BCUT2D eigenvalue weighted by molar-refractivity contribution is 7.87. The number of carbonyl (C=O) groups excluding carboxylic acids is 1. The van der Waals surface area contributed by atoms with Crippen LogP contribution >= 0.6 is 0 Å². The van der Waals surface area contributed by atoms with Gasteiger partial charge in [-0.25, -0.2) is 4.79 Å². The molecule has 0 aliphatic carbocycles. The van der Waals surface area contributed by atoms with Crippen molar-refractivity contribution < 1.29 is 40.0 Å². The molecule has 0 radical (unpaired) electrons. The number of hydrogen-bond donors (Lipinski definition) is 1. The number of rotatable bonds is 11. The number of halogens is 3. The summed E-state index contributed by atoms with van der Waals surface area (Å²) in [6, 6.07) is 14.1. The molecule has 2 amide bonds. The van der Waals surface area contributed by atoms with Crippen molar-refractivity contribution in [3.05, 3.63) is 77.9 Å². The van der Waals surface area contributed by atoms with Crippen LogP contribution in [0.2, 0.25) is 0 Å². The Labute approximate surface area is 231 Å². The fraction of sp³-hybridized carbons (Fsp3) is 0.321. The Balaban J connectivity index is 1.89. The van der Waals surface area contributed by atoms with Crippen LogP contribution in [0.1, 0.15) is 38.3 Å². The summed E-state index contributed by atoms with van der Waals surface area (Å²) in [6.07, 6.45) is -4.10. The molecule has 0 bridgehead atoms. The van der Waals surface area contributed by atoms with Crippen LogP contribution in [0.3, 0.4) is 0 Å². The van der Waals surface area contributed by atoms with Gasteiger partial charge in [-0.1, -0.05) is 31.2 Å². The monoisotopic (exact) mass is 580 g/mol. The topological polar surface area (TPSA) is 94.2 Å². The van der Waals surface area contributed by atoms with Crippen molar-refractivity contribution in [1.29, 1.82) is 0 Å². The summed E-state index contributed by atoms with van der Waals surface area (Å²) in [7, 11) is -3.35. The van der Waals surface area contributed by atoms with Crippen molar-refractivity contribution in [2.24, 2.45) is 0 Å². The van der Waals surface area contributed by atoms with Crippen LogP contribution in [-0.2, 0) is 22.8 Å². The predicted molar refractivity (Wildman–Crippen MR) is 144 cm³/mol. The Kier molecular flexibility index (Phi) is 9.91. The van der Waals surface area contributed by atoms with E-state index < -0.39 is 32.8 Å². The molecule has 40 heavy (non-hydrogen) atoms. The molecule has 1 N–H and O–H groups in total. The van der Waals surface area contributed by atoms with Crippen molar-refractivity contribution >= 4 is 21.8 Å². The Morgan fingerprint density at radius 2 is 1.70 bits per heavy atom. The van der Waals surface area contributed by atoms with E-state index in [-0.39, 0.29) is 24.1 Å². The van der Waals surface area contributed by atoms with Gasteiger partial charge >= 0.3 is 22.3 Å². The van der Waals surface area contributed by atoms with Gasteiger partial charge in [0.05, 0.1) is 25.0 Å². The highest BCUT2D eigenvalue weighted by atomic mass is 32.2. The number of benzene rings is 3. The summed E-state index contributed by atoms with van der Waals surface area (Å²) in [5.74, 6) is 0.329. The molecule has 3 rings (SSSR count). The highest BCUT2D eigenvalue weighted by Crippen LogP contribution is 2.34. The Hall–Kier alpha value is -3.93. The normalized spacial score (nSPS) is 12.4. The van der Waals surface area contributed by atoms with Crippen LogP contribution in [0.25, 0.3) is 0 Å². The maximum Gasteiger partial charge on any atom is 0.416 e. The largest absolute Gasteiger partial charge is 0.493 e. The molecule has 12 heteroatoms. The number of nitrogens with one attached hydrogen (secondary N) is 1. The van der Waals surface area contributed by atoms with E-state index in [9.17, 15) is 26.4 Å². The maximum absolute atomic E-state index is 13.3. The number of para-hydroxylation sites is 2. The summed E-state index contributed by atoms with van der Waals surface area (Å²) in [4.78, 5) is 14.2. The zero-order chi connectivity index (χ0) is 29.5. The van der Waals surface area contributed by atoms with E-state index in [4.69, 9.17) is 13.7 Å². The molecule has 0 spiro atoms. The number of hydrogen-bond acceptors (Lipinski definition) is 6. The summed E-state index contributed by atoms with van der Waals surface area (Å²) < 4.78 is 81.2. The van der Waals surface area contributed by atoms with Crippen LogP contribution in [0.5, 0.6) is 17.2 Å². The number of alkyl halides is 3. The second-order valence-electron chi connectivity index (χ2n) is 8.79. The quantitative estimate of drug-likeness (QED) is 0.253. The minimum absolute atomic E-state index is 0.0458. The van der Waals surface area contributed by atoms with E-state index in [1.54, 1.807) is 35.2 Å². The standard InChI is InChI=1S/C28H31F3N2O6S/c1-5-19(3)33(27(34)32-23-12-7-8-13-24(23)38-6-2)18-20-14-15-25(37-4)26(16-20)39-40(35,36)22-11-9-10-21(17-22)28(29,30)31/h7-17,19H,5-6,18H2,1-4H3,(H,32,34). The Morgan fingerprint density at radius 3 is 2.35 bits per heavy atom. The van der Waals surface area contributed by atoms with Gasteiger partial charge in [-0.05, 0) is 68.3 Å². The molecule has 216 valence electrons. The molecular formula is C28H31F3N2O6S. The minimum Gasteiger partial charge on any atom is -0.493 e. The van der Waals surface area contributed by atoms with E-state index in [0.717, 1.165) is 18.2 Å². The van der Waals surface area contributed by atoms with Crippen LogP contribution in [-0.4, -0.2) is 39.1 Å². The number of methoxy groups -OCH3 is 1. The Bertz CT molecular complexity index is 1430. The van der Waals surface area contributed by atoms with Crippen molar-refractivity contribution in [1.82, 2.24) is 4.90 Å². The fourth-order valence-corrected chi connectivity index (χ4v) is 4.74. The molecule has 3 aromatic carbocycles. The summed E-state index contributed by atoms with van der Waals surface area (Å²) >= 11 is 0. The van der Waals surface area contributed by atoms with Gasteiger partial charge in [-0.15, -0.1) is 0 Å². The van der Waals surface area contributed by atoms with E-state index in [0.29, 0.717) is 36.1 Å². The molecule has 8 nitrogen and oxygen atoms in total. The fourth-order valence-electron chi connectivity index (χ4n) is 3.76. The smallest absolute Gasteiger partial charge is 0.416 e. The van der Waals surface area contributed by atoms with Gasteiger partial charge < -0.3 is 23.9 Å². The Morgan fingerprint density at radius 1 is 0.975 bits per heavy atom. The lowest BCUT2D eigenvalue weighted by molar-refractivity contribution is -0.137. The lowest BCUT2D eigenvalue weighted by Crippen LogP contribution is -2.40. The summed E-state index contributed by atoms with van der Waals surface area (Å²) in [5, 5.41) is 2.86. The third-order valence-electron chi connectivity index (χ3n) is 6.04. The minimum atomic E-state index is -4.73. The number of ether oxygens (including phenoxy) is 2. The molecular weight excluding hydrogens is 549 g/mol. The lowest BCUT2D eigenvalue weighted by atomic mass is 10.1. The molecule has 0 fully saturated rings. The molecule has 0 aromatic heterocycles. The van der Waals surface area contributed by atoms with Crippen molar-refractivity contribution in [2.75, 3.05) is 19.0 Å². The summed E-state index contributed by atoms with van der Waals surface area (Å²) in [6.45, 7) is 6.11. The van der Waals surface area contributed by atoms with Gasteiger partial charge in [-0.3, -0.25) is 0 Å². The van der Waals surface area contributed by atoms with Crippen molar-refractivity contribution in [3.8, 4) is 17.2 Å². The van der Waals surface area contributed by atoms with Gasteiger partial charge in [0.2, 0.25) is 0 Å². The van der Waals surface area contributed by atoms with E-state index >= 15 is 0 Å². The average Bonchev–Trinajstić information content (AvgIpc) is 2.92. The molecule has 0 aliphatic heterocycles. The number of nitrogens with zero attached hydrogens (tertiary/aromatic N) is 1. The van der Waals surface area contributed by atoms with Crippen LogP contribution < -0.4 is 19.0 Å². The number of urea groups is 1. The van der Waals surface area contributed by atoms with Gasteiger partial charge in [0, 0.05) is 12.6 Å². The lowest BCUT2D eigenvalue weighted by Gasteiger charge is -2.29. The third kappa shape index (κ3) is 7.59. The maximum atomic E-state index is 13.3. The molecule has 1 unspecified atom stereocenters. The van der Waals surface area contributed by atoms with E-state index in [1.807, 2.05) is 20.8 Å². The van der Waals surface area contributed by atoms with Crippen LogP contribution in [0.15, 0.2) is 71.6 Å². The van der Waals surface area contributed by atoms with Gasteiger partial charge in [0.1, 0.15) is 10.6 Å². The molecule has 3 aromatic rings. The molecule has 0 saturated heterocycles. The first kappa shape index (κ1) is 30.6. The predicted octanol–water partition coefficient (Wildman–Crippen LogP) is 6.71. The first-order chi connectivity index (χ1) is 18.9. The number of anilines is 1. The zero-order valence-electron chi connectivity index (χ0n) is 22.5. The van der Waals surface area contributed by atoms with E-state index in [2.05, 4.69) is 5.32 Å². The van der Waals surface area contributed by atoms with Crippen molar-refractivity contribution in [3.63, 3.8) is 0 Å². The van der Waals surface area contributed by atoms with E-state index in [1.165, 1.54) is 19.2 Å². The highest BCUT2D eigenvalue weighted by Gasteiger charge is 2.32. The SMILES string of the molecule is CCOc1ccccc1NC(=O)N(Cc1ccc(OC)c(OS(=O)(=O)c2cccc(C(F)(F)F)c2)c1)C(C)CC. The zero-order valence-corrected chi connectivity index (χ0v) is 23.3. The number of amides is 2. The molecule has 0 heterocycles. The molecule has 1 atom stereocenters. The van der Waals surface area contributed by atoms with Gasteiger partial charge in [-0.2, -0.15) is 21.6 Å². The molecule has 0 aliphatic rings. The van der Waals surface area contributed by atoms with Crippen LogP contribution in [0.4, 0.5) is 23.7 Å². The number of carbonyl (C=O) groups is 1. The third-order valence-corrected chi connectivity index (χ3v) is 7.27. The second kappa shape index (κ2) is 12.9. The average molecular weight is 581 g/mol. The second-order valence-corrected chi connectivity index (χ2v) is 10.3. The first-order valence-corrected chi connectivity index (χ1v) is 13.9. The summed E-state index contributed by atoms with van der Waals surface area (Å²) in [5.41, 5.74) is -0.129. The van der Waals surface area contributed by atoms with Crippen molar-refractivity contribution in [2.45, 2.75) is 50.9 Å². The van der Waals surface area contributed by atoms with Gasteiger partial charge in [0.25, 0.3) is 0 Å². The first-order valence-electron chi connectivity index (χ1n) is 12.5. The molecule has 0 saturated carbocycles. The van der Waals surface area contributed by atoms with Crippen LogP contribution in [0, 0.1) is 0 Å².